The van der Waals surface area contributed by atoms with E-state index in [-0.39, 0.29) is 24.3 Å². The lowest BCUT2D eigenvalue weighted by Gasteiger charge is -2.32. The second-order valence-corrected chi connectivity index (χ2v) is 9.49. The first-order valence-corrected chi connectivity index (χ1v) is 13.0. The fourth-order valence-corrected chi connectivity index (χ4v) is 3.69. The molecule has 0 radical (unpaired) electrons. The van der Waals surface area contributed by atoms with Crippen molar-refractivity contribution >= 4 is 6.47 Å². The molecule has 0 aliphatic rings. The summed E-state index contributed by atoms with van der Waals surface area (Å²) in [4.78, 5) is 8.36. The fourth-order valence-electron chi connectivity index (χ4n) is 3.69. The molecule has 0 amide bonds. The Morgan fingerprint density at radius 1 is 0.944 bits per heavy atom. The zero-order chi connectivity index (χ0) is 28.3. The molecule has 5 unspecified atom stereocenters. The third-order valence-electron chi connectivity index (χ3n) is 6.33. The summed E-state index contributed by atoms with van der Waals surface area (Å²) in [5, 5.41) is 28.7. The van der Waals surface area contributed by atoms with Crippen molar-refractivity contribution in [2.24, 2.45) is 29.4 Å². The lowest BCUT2D eigenvalue weighted by Crippen LogP contribution is -2.40. The molecule has 5 atom stereocenters. The third-order valence-corrected chi connectivity index (χ3v) is 6.33. The molecule has 0 saturated carbocycles. The van der Waals surface area contributed by atoms with E-state index in [2.05, 4.69) is 34.6 Å². The molecule has 5 N–H and O–H groups in total. The normalized spacial score (nSPS) is 14.9. The van der Waals surface area contributed by atoms with Gasteiger partial charge in [0, 0.05) is 26.2 Å². The van der Waals surface area contributed by atoms with Gasteiger partial charge in [0.1, 0.15) is 0 Å². The molecule has 36 heavy (non-hydrogen) atoms. The zero-order valence-corrected chi connectivity index (χ0v) is 23.9. The second kappa shape index (κ2) is 21.2. The van der Waals surface area contributed by atoms with Crippen LogP contribution in [0.2, 0.25) is 0 Å². The van der Waals surface area contributed by atoms with Crippen molar-refractivity contribution in [3.63, 3.8) is 0 Å². The first-order valence-electron chi connectivity index (χ1n) is 13.0. The van der Waals surface area contributed by atoms with Crippen molar-refractivity contribution in [3.8, 4) is 11.5 Å². The summed E-state index contributed by atoms with van der Waals surface area (Å²) < 4.78 is 16.3. The predicted octanol–water partition coefficient (Wildman–Crippen LogP) is 4.90. The lowest BCUT2D eigenvalue weighted by atomic mass is 9.79. The Hall–Kier alpha value is -1.87. The van der Waals surface area contributed by atoms with E-state index >= 15 is 0 Å². The van der Waals surface area contributed by atoms with Crippen LogP contribution in [0.15, 0.2) is 18.2 Å². The standard InChI is InChI=1S/C25H45NO5.C2H6.CH2O2/c1-16(2)18(5)13-22(27)21(26)15-20(17(3)4)25(28)19-9-10-23(30-7)24(14-19)31-12-8-11-29-6;1-2;2-1-3/h9-10,14,16-18,20-22,25,27-28H,8,11-13,15,26H2,1-7H3;1-2H3;1H,(H,2,3). The van der Waals surface area contributed by atoms with E-state index in [4.69, 9.17) is 29.8 Å². The van der Waals surface area contributed by atoms with Gasteiger partial charge >= 0.3 is 0 Å². The first-order chi connectivity index (χ1) is 17.0. The second-order valence-electron chi connectivity index (χ2n) is 9.49. The van der Waals surface area contributed by atoms with Crippen LogP contribution in [0.4, 0.5) is 0 Å². The predicted molar refractivity (Wildman–Crippen MR) is 146 cm³/mol. The molecule has 0 aliphatic heterocycles. The van der Waals surface area contributed by atoms with Crippen LogP contribution in [0, 0.1) is 23.7 Å². The number of methoxy groups -OCH3 is 2. The molecule has 0 fully saturated rings. The highest BCUT2D eigenvalue weighted by Crippen LogP contribution is 2.37. The Kier molecular flexibility index (Phi) is 21.4. The molecule has 0 saturated heterocycles. The van der Waals surface area contributed by atoms with Gasteiger partial charge in [-0.2, -0.15) is 0 Å². The van der Waals surface area contributed by atoms with E-state index in [0.29, 0.717) is 49.4 Å². The van der Waals surface area contributed by atoms with E-state index in [0.717, 1.165) is 12.0 Å². The smallest absolute Gasteiger partial charge is 0.290 e. The molecular weight excluding hydrogens is 462 g/mol. The van der Waals surface area contributed by atoms with E-state index in [1.807, 2.05) is 32.0 Å². The zero-order valence-electron chi connectivity index (χ0n) is 23.9. The molecule has 8 heteroatoms. The molecule has 0 aliphatic carbocycles. The molecule has 0 spiro atoms. The maximum atomic E-state index is 11.2. The summed E-state index contributed by atoms with van der Waals surface area (Å²) in [6, 6.07) is 5.14. The number of rotatable bonds is 15. The molecule has 1 aromatic carbocycles. The number of carbonyl (C=O) groups is 1. The van der Waals surface area contributed by atoms with Crippen molar-refractivity contribution in [3.05, 3.63) is 23.8 Å². The summed E-state index contributed by atoms with van der Waals surface area (Å²) in [6.45, 7) is 15.5. The highest BCUT2D eigenvalue weighted by Gasteiger charge is 2.30. The SMILES string of the molecule is CC.COCCCOc1cc(C(O)C(CC(N)C(O)CC(C)C(C)C)C(C)C)ccc1OC.O=CO. The van der Waals surface area contributed by atoms with E-state index in [1.165, 1.54) is 0 Å². The summed E-state index contributed by atoms with van der Waals surface area (Å²) in [5.41, 5.74) is 7.13. The fraction of sp³-hybridized carbons (Fsp3) is 0.750. The number of carboxylic acid groups (broad SMARTS) is 1. The number of aliphatic hydroxyl groups excluding tert-OH is 2. The minimum Gasteiger partial charge on any atom is -0.493 e. The van der Waals surface area contributed by atoms with Crippen molar-refractivity contribution in [1.29, 1.82) is 0 Å². The first kappa shape index (κ1) is 36.3. The van der Waals surface area contributed by atoms with Crippen LogP contribution in [0.1, 0.15) is 79.4 Å². The minimum absolute atomic E-state index is 0.0891. The van der Waals surface area contributed by atoms with Crippen LogP contribution in [-0.4, -0.2) is 61.4 Å². The van der Waals surface area contributed by atoms with E-state index in [9.17, 15) is 10.2 Å². The highest BCUT2D eigenvalue weighted by atomic mass is 16.5. The maximum absolute atomic E-state index is 11.2. The molecule has 0 bridgehead atoms. The lowest BCUT2D eigenvalue weighted by molar-refractivity contribution is -0.122. The van der Waals surface area contributed by atoms with Crippen LogP contribution in [-0.2, 0) is 9.53 Å². The average molecular weight is 516 g/mol. The molecule has 0 heterocycles. The number of aliphatic hydroxyl groups is 2. The minimum atomic E-state index is -0.715. The number of benzene rings is 1. The molecule has 1 rings (SSSR count). The van der Waals surface area contributed by atoms with Crippen molar-refractivity contribution in [2.75, 3.05) is 27.4 Å². The summed E-state index contributed by atoms with van der Waals surface area (Å²) in [5.74, 6) is 2.23. The quantitative estimate of drug-likeness (QED) is 0.191. The molecule has 1 aromatic rings. The maximum Gasteiger partial charge on any atom is 0.290 e. The third kappa shape index (κ3) is 14.0. The Bertz CT molecular complexity index is 669. The average Bonchev–Trinajstić information content (AvgIpc) is 2.85. The van der Waals surface area contributed by atoms with E-state index in [1.54, 1.807) is 14.2 Å². The van der Waals surface area contributed by atoms with Gasteiger partial charge in [-0.3, -0.25) is 4.79 Å². The van der Waals surface area contributed by atoms with Gasteiger partial charge < -0.3 is 35.3 Å². The van der Waals surface area contributed by atoms with Crippen LogP contribution in [0.5, 0.6) is 11.5 Å². The van der Waals surface area contributed by atoms with Crippen molar-refractivity contribution in [2.45, 2.75) is 86.0 Å². The highest BCUT2D eigenvalue weighted by molar-refractivity contribution is 5.43. The molecule has 8 nitrogen and oxygen atoms in total. The van der Waals surface area contributed by atoms with Gasteiger partial charge in [0.15, 0.2) is 11.5 Å². The monoisotopic (exact) mass is 515 g/mol. The topological polar surface area (TPSA) is 131 Å². The van der Waals surface area contributed by atoms with Gasteiger partial charge in [-0.1, -0.05) is 54.5 Å². The van der Waals surface area contributed by atoms with Gasteiger partial charge in [0.25, 0.3) is 6.47 Å². The van der Waals surface area contributed by atoms with Crippen LogP contribution < -0.4 is 15.2 Å². The Morgan fingerprint density at radius 3 is 2.00 bits per heavy atom. The number of ether oxygens (including phenoxy) is 3. The Balaban J connectivity index is 0. The number of nitrogens with two attached hydrogens (primary N) is 1. The van der Waals surface area contributed by atoms with Gasteiger partial charge in [-0.25, -0.2) is 0 Å². The molecule has 212 valence electrons. The largest absolute Gasteiger partial charge is 0.493 e. The van der Waals surface area contributed by atoms with Crippen molar-refractivity contribution in [1.82, 2.24) is 0 Å². The van der Waals surface area contributed by atoms with Crippen LogP contribution in [0.3, 0.4) is 0 Å². The molecule has 0 aromatic heterocycles. The van der Waals surface area contributed by atoms with Gasteiger partial charge in [-0.05, 0) is 54.2 Å². The molecular formula is C28H53NO7. The van der Waals surface area contributed by atoms with Crippen LogP contribution >= 0.6 is 0 Å². The Labute approximate surface area is 219 Å². The summed E-state index contributed by atoms with van der Waals surface area (Å²) >= 11 is 0. The van der Waals surface area contributed by atoms with Gasteiger partial charge in [-0.15, -0.1) is 0 Å². The number of hydrogen-bond acceptors (Lipinski definition) is 7. The van der Waals surface area contributed by atoms with E-state index < -0.39 is 12.2 Å². The van der Waals surface area contributed by atoms with Crippen LogP contribution in [0.25, 0.3) is 0 Å². The van der Waals surface area contributed by atoms with Gasteiger partial charge in [0.05, 0.1) is 25.9 Å². The van der Waals surface area contributed by atoms with Crippen molar-refractivity contribution < 1.29 is 34.3 Å². The summed E-state index contributed by atoms with van der Waals surface area (Å²) in [6.07, 6.45) is 0.681. The number of hydrogen-bond donors (Lipinski definition) is 4. The Morgan fingerprint density at radius 2 is 1.53 bits per heavy atom. The summed E-state index contributed by atoms with van der Waals surface area (Å²) in [7, 11) is 3.26. The van der Waals surface area contributed by atoms with Gasteiger partial charge in [0.2, 0.25) is 0 Å².